The van der Waals surface area contributed by atoms with Crippen molar-refractivity contribution in [3.8, 4) is 0 Å². The molecule has 0 aliphatic carbocycles. The molecule has 0 aliphatic rings. The Balaban J connectivity index is 2.08. The number of aromatic nitrogens is 1. The molecule has 1 aromatic heterocycles. The summed E-state index contributed by atoms with van der Waals surface area (Å²) in [5.74, 6) is -0.620. The molecule has 2 aromatic rings. The molecule has 1 heterocycles. The average molecular weight is 336 g/mol. The molecule has 7 heteroatoms. The van der Waals surface area contributed by atoms with Gasteiger partial charge in [0.1, 0.15) is 0 Å². The molecule has 1 aromatic carbocycles. The fraction of sp³-hybridized carbons (Fsp3) is 0.133. The summed E-state index contributed by atoms with van der Waals surface area (Å²) < 4.78 is 0. The van der Waals surface area contributed by atoms with Crippen LogP contribution in [0.3, 0.4) is 0 Å². The number of anilines is 1. The summed E-state index contributed by atoms with van der Waals surface area (Å²) in [4.78, 5) is 27.8. The summed E-state index contributed by atoms with van der Waals surface area (Å²) in [6.45, 7) is 1.90. The maximum absolute atomic E-state index is 11.9. The Morgan fingerprint density at radius 2 is 2.14 bits per heavy atom. The molecule has 0 fully saturated rings. The van der Waals surface area contributed by atoms with E-state index in [0.29, 0.717) is 16.3 Å². The summed E-state index contributed by atoms with van der Waals surface area (Å²) in [5, 5.41) is 8.30. The number of carbonyl (C=O) groups is 2. The third-order valence-corrected chi connectivity index (χ3v) is 3.87. The van der Waals surface area contributed by atoms with E-state index in [4.69, 9.17) is 11.6 Å². The zero-order chi connectivity index (χ0) is 16.1. The lowest BCUT2D eigenvalue weighted by atomic mass is 10.2. The standard InChI is InChI=1S/C15H14ClN3O2S/c1-9-18-11(8-22-9)4-6-14(20)19-10-3-5-13(16)12(7-10)15(21)17-2/h3-8H,1-2H3,(H,17,21)(H,19,20). The largest absolute Gasteiger partial charge is 0.355 e. The topological polar surface area (TPSA) is 71.1 Å². The first-order valence-corrected chi connectivity index (χ1v) is 7.68. The number of hydrogen-bond donors (Lipinski definition) is 2. The number of hydrogen-bond acceptors (Lipinski definition) is 4. The van der Waals surface area contributed by atoms with Gasteiger partial charge in [0.25, 0.3) is 5.91 Å². The van der Waals surface area contributed by atoms with E-state index in [1.807, 2.05) is 12.3 Å². The van der Waals surface area contributed by atoms with E-state index >= 15 is 0 Å². The first-order chi connectivity index (χ1) is 10.5. The Bertz CT molecular complexity index is 740. The Hall–Kier alpha value is -2.18. The monoisotopic (exact) mass is 335 g/mol. The van der Waals surface area contributed by atoms with Gasteiger partial charge in [-0.3, -0.25) is 9.59 Å². The first kappa shape index (κ1) is 16.2. The van der Waals surface area contributed by atoms with E-state index < -0.39 is 0 Å². The van der Waals surface area contributed by atoms with Gasteiger partial charge in [-0.2, -0.15) is 0 Å². The molecular weight excluding hydrogens is 322 g/mol. The number of nitrogens with zero attached hydrogens (tertiary/aromatic N) is 1. The van der Waals surface area contributed by atoms with Crippen LogP contribution in [-0.2, 0) is 4.79 Å². The molecule has 2 rings (SSSR count). The maximum atomic E-state index is 11.9. The Labute approximate surface area is 137 Å². The summed E-state index contributed by atoms with van der Waals surface area (Å²) in [6, 6.07) is 4.72. The van der Waals surface area contributed by atoms with Gasteiger partial charge in [-0.25, -0.2) is 4.98 Å². The predicted octanol–water partition coefficient (Wildman–Crippen LogP) is 3.12. The minimum atomic E-state index is -0.311. The van der Waals surface area contributed by atoms with Crippen molar-refractivity contribution >= 4 is 46.5 Å². The van der Waals surface area contributed by atoms with Gasteiger partial charge in [0.05, 0.1) is 21.3 Å². The van der Waals surface area contributed by atoms with Crippen LogP contribution in [0.1, 0.15) is 21.1 Å². The van der Waals surface area contributed by atoms with Crippen LogP contribution < -0.4 is 10.6 Å². The van der Waals surface area contributed by atoms with Crippen molar-refractivity contribution < 1.29 is 9.59 Å². The third-order valence-electron chi connectivity index (χ3n) is 2.75. The van der Waals surface area contributed by atoms with E-state index in [-0.39, 0.29) is 11.8 Å². The van der Waals surface area contributed by atoms with Crippen molar-refractivity contribution in [2.24, 2.45) is 0 Å². The lowest BCUT2D eigenvalue weighted by Gasteiger charge is -2.07. The van der Waals surface area contributed by atoms with Gasteiger partial charge in [0, 0.05) is 24.2 Å². The second-order valence-electron chi connectivity index (χ2n) is 4.39. The minimum absolute atomic E-state index is 0.307. The molecule has 0 bridgehead atoms. The number of amides is 2. The van der Waals surface area contributed by atoms with Crippen LogP contribution >= 0.6 is 22.9 Å². The fourth-order valence-corrected chi connectivity index (χ4v) is 2.50. The fourth-order valence-electron chi connectivity index (χ4n) is 1.71. The quantitative estimate of drug-likeness (QED) is 0.843. The average Bonchev–Trinajstić information content (AvgIpc) is 2.92. The van der Waals surface area contributed by atoms with Crippen molar-refractivity contribution in [1.29, 1.82) is 0 Å². The summed E-state index contributed by atoms with van der Waals surface area (Å²) >= 11 is 7.47. The molecular formula is C15H14ClN3O2S. The molecule has 2 amide bonds. The van der Waals surface area contributed by atoms with E-state index in [2.05, 4.69) is 15.6 Å². The SMILES string of the molecule is CNC(=O)c1cc(NC(=O)C=Cc2csc(C)n2)ccc1Cl. The highest BCUT2D eigenvalue weighted by Gasteiger charge is 2.10. The Kier molecular flexibility index (Phi) is 5.30. The van der Waals surface area contributed by atoms with Crippen LogP contribution in [0.15, 0.2) is 29.7 Å². The molecule has 114 valence electrons. The van der Waals surface area contributed by atoms with E-state index in [1.54, 1.807) is 18.2 Å². The lowest BCUT2D eigenvalue weighted by molar-refractivity contribution is -0.111. The number of halogens is 1. The highest BCUT2D eigenvalue weighted by molar-refractivity contribution is 7.09. The predicted molar refractivity (Wildman–Crippen MR) is 89.4 cm³/mol. The number of benzene rings is 1. The summed E-state index contributed by atoms with van der Waals surface area (Å²) in [7, 11) is 1.52. The van der Waals surface area contributed by atoms with Crippen molar-refractivity contribution in [3.63, 3.8) is 0 Å². The molecule has 0 atom stereocenters. The molecule has 0 spiro atoms. The van der Waals surface area contributed by atoms with Gasteiger partial charge in [-0.05, 0) is 31.2 Å². The second-order valence-corrected chi connectivity index (χ2v) is 5.86. The van der Waals surface area contributed by atoms with Crippen molar-refractivity contribution in [2.45, 2.75) is 6.92 Å². The smallest absolute Gasteiger partial charge is 0.252 e. The van der Waals surface area contributed by atoms with Gasteiger partial charge in [0.15, 0.2) is 0 Å². The zero-order valence-electron chi connectivity index (χ0n) is 12.0. The van der Waals surface area contributed by atoms with E-state index in [1.165, 1.54) is 30.5 Å². The molecule has 2 N–H and O–H groups in total. The first-order valence-electron chi connectivity index (χ1n) is 6.42. The molecule has 0 saturated carbocycles. The number of thiazole rings is 1. The van der Waals surface area contributed by atoms with Gasteiger partial charge < -0.3 is 10.6 Å². The highest BCUT2D eigenvalue weighted by atomic mass is 35.5. The minimum Gasteiger partial charge on any atom is -0.355 e. The Morgan fingerprint density at radius 1 is 1.36 bits per heavy atom. The molecule has 0 radical (unpaired) electrons. The maximum Gasteiger partial charge on any atom is 0.252 e. The number of nitrogens with one attached hydrogen (secondary N) is 2. The highest BCUT2D eigenvalue weighted by Crippen LogP contribution is 2.20. The number of aryl methyl sites for hydroxylation is 1. The van der Waals surface area contributed by atoms with Crippen LogP contribution in [0.5, 0.6) is 0 Å². The zero-order valence-corrected chi connectivity index (χ0v) is 13.6. The number of carbonyl (C=O) groups excluding carboxylic acids is 2. The molecule has 0 saturated heterocycles. The Morgan fingerprint density at radius 3 is 2.77 bits per heavy atom. The van der Waals surface area contributed by atoms with Crippen LogP contribution in [-0.4, -0.2) is 23.8 Å². The second kappa shape index (κ2) is 7.20. The van der Waals surface area contributed by atoms with Gasteiger partial charge in [-0.1, -0.05) is 11.6 Å². The molecule has 0 unspecified atom stereocenters. The van der Waals surface area contributed by atoms with Crippen molar-refractivity contribution in [2.75, 3.05) is 12.4 Å². The molecule has 0 aliphatic heterocycles. The van der Waals surface area contributed by atoms with Gasteiger partial charge in [0.2, 0.25) is 5.91 Å². The van der Waals surface area contributed by atoms with Crippen LogP contribution in [0.2, 0.25) is 5.02 Å². The van der Waals surface area contributed by atoms with E-state index in [0.717, 1.165) is 10.7 Å². The molecule has 22 heavy (non-hydrogen) atoms. The van der Waals surface area contributed by atoms with Crippen molar-refractivity contribution in [3.05, 3.63) is 50.9 Å². The molecule has 5 nitrogen and oxygen atoms in total. The van der Waals surface area contributed by atoms with Gasteiger partial charge in [-0.15, -0.1) is 11.3 Å². The summed E-state index contributed by atoms with van der Waals surface area (Å²) in [6.07, 6.45) is 3.02. The van der Waals surface area contributed by atoms with Crippen LogP contribution in [0.4, 0.5) is 5.69 Å². The summed E-state index contributed by atoms with van der Waals surface area (Å²) in [5.41, 5.74) is 1.54. The normalized spacial score (nSPS) is 10.7. The van der Waals surface area contributed by atoms with Crippen LogP contribution in [0, 0.1) is 6.92 Å². The lowest BCUT2D eigenvalue weighted by Crippen LogP contribution is -2.18. The van der Waals surface area contributed by atoms with Crippen LogP contribution in [0.25, 0.3) is 6.08 Å². The van der Waals surface area contributed by atoms with E-state index in [9.17, 15) is 9.59 Å². The van der Waals surface area contributed by atoms with Crippen molar-refractivity contribution in [1.82, 2.24) is 10.3 Å². The van der Waals surface area contributed by atoms with Gasteiger partial charge >= 0.3 is 0 Å². The third kappa shape index (κ3) is 4.16. The number of rotatable bonds is 4.